The Balaban J connectivity index is 2.80. The summed E-state index contributed by atoms with van der Waals surface area (Å²) in [5.74, 6) is -0.807. The molecule has 0 aliphatic carbocycles. The molecule has 5 heteroatoms. The Labute approximate surface area is 115 Å². The molecular weight excluding hydrogens is 298 g/mol. The third-order valence-corrected chi connectivity index (χ3v) is 3.41. The molecule has 2 N–H and O–H groups in total. The molecule has 4 nitrogen and oxygen atoms in total. The van der Waals surface area contributed by atoms with E-state index in [0.29, 0.717) is 22.5 Å². The van der Waals surface area contributed by atoms with Crippen molar-refractivity contribution < 1.29 is 14.7 Å². The zero-order valence-electron chi connectivity index (χ0n) is 10.4. The standard InChI is InChI=1S/C13H16BrNO3/c1-3-8(2)6-12(16)15-11-7-9(13(17)18)4-5-10(11)14/h4-5,7-8H,3,6H2,1-2H3,(H,15,16)(H,17,18). The lowest BCUT2D eigenvalue weighted by Crippen LogP contribution is -2.15. The molecule has 0 aromatic heterocycles. The number of nitrogens with one attached hydrogen (secondary N) is 1. The van der Waals surface area contributed by atoms with Gasteiger partial charge in [0.25, 0.3) is 0 Å². The first kappa shape index (κ1) is 14.7. The average Bonchev–Trinajstić information content (AvgIpc) is 2.31. The van der Waals surface area contributed by atoms with Gasteiger partial charge in [-0.05, 0) is 40.0 Å². The van der Waals surface area contributed by atoms with Crippen LogP contribution in [0.5, 0.6) is 0 Å². The SMILES string of the molecule is CCC(C)CC(=O)Nc1cc(C(=O)O)ccc1Br. The minimum Gasteiger partial charge on any atom is -0.478 e. The van der Waals surface area contributed by atoms with Crippen molar-refractivity contribution in [1.29, 1.82) is 0 Å². The Hall–Kier alpha value is -1.36. The Bertz CT molecular complexity index is 460. The van der Waals surface area contributed by atoms with Gasteiger partial charge in [-0.3, -0.25) is 4.79 Å². The van der Waals surface area contributed by atoms with Gasteiger partial charge in [0.05, 0.1) is 11.3 Å². The number of carbonyl (C=O) groups is 2. The van der Waals surface area contributed by atoms with E-state index >= 15 is 0 Å². The van der Waals surface area contributed by atoms with Crippen LogP contribution in [0.15, 0.2) is 22.7 Å². The van der Waals surface area contributed by atoms with Crippen molar-refractivity contribution in [1.82, 2.24) is 0 Å². The van der Waals surface area contributed by atoms with Gasteiger partial charge in [-0.2, -0.15) is 0 Å². The van der Waals surface area contributed by atoms with Gasteiger partial charge in [-0.15, -0.1) is 0 Å². The third-order valence-electron chi connectivity index (χ3n) is 2.72. The first-order chi connectivity index (χ1) is 8.43. The maximum absolute atomic E-state index is 11.7. The van der Waals surface area contributed by atoms with Crippen LogP contribution >= 0.6 is 15.9 Å². The van der Waals surface area contributed by atoms with E-state index < -0.39 is 5.97 Å². The number of anilines is 1. The summed E-state index contributed by atoms with van der Waals surface area (Å²) in [5, 5.41) is 11.6. The molecule has 0 aliphatic rings. The molecule has 1 atom stereocenters. The van der Waals surface area contributed by atoms with Gasteiger partial charge < -0.3 is 10.4 Å². The Morgan fingerprint density at radius 2 is 2.11 bits per heavy atom. The molecular formula is C13H16BrNO3. The van der Waals surface area contributed by atoms with Gasteiger partial charge in [0.1, 0.15) is 0 Å². The van der Waals surface area contributed by atoms with Gasteiger partial charge in [-0.25, -0.2) is 4.79 Å². The van der Waals surface area contributed by atoms with Gasteiger partial charge in [-0.1, -0.05) is 20.3 Å². The number of amides is 1. The molecule has 1 aromatic rings. The van der Waals surface area contributed by atoms with E-state index in [1.165, 1.54) is 12.1 Å². The molecule has 0 saturated heterocycles. The Morgan fingerprint density at radius 3 is 2.67 bits per heavy atom. The second kappa shape index (κ2) is 6.54. The lowest BCUT2D eigenvalue weighted by molar-refractivity contribution is -0.117. The van der Waals surface area contributed by atoms with Crippen molar-refractivity contribution in [3.63, 3.8) is 0 Å². The summed E-state index contributed by atoms with van der Waals surface area (Å²) in [5.41, 5.74) is 0.639. The summed E-state index contributed by atoms with van der Waals surface area (Å²) >= 11 is 3.28. The van der Waals surface area contributed by atoms with E-state index in [2.05, 4.69) is 21.2 Å². The summed E-state index contributed by atoms with van der Waals surface area (Å²) in [7, 11) is 0. The van der Waals surface area contributed by atoms with Crippen LogP contribution in [0.25, 0.3) is 0 Å². The zero-order valence-corrected chi connectivity index (χ0v) is 12.0. The molecule has 0 spiro atoms. The fourth-order valence-corrected chi connectivity index (χ4v) is 1.76. The molecule has 0 bridgehead atoms. The molecule has 1 unspecified atom stereocenters. The van der Waals surface area contributed by atoms with Crippen molar-refractivity contribution in [3.8, 4) is 0 Å². The fourth-order valence-electron chi connectivity index (χ4n) is 1.42. The number of carboxylic acid groups (broad SMARTS) is 1. The number of rotatable bonds is 5. The van der Waals surface area contributed by atoms with Crippen molar-refractivity contribution in [3.05, 3.63) is 28.2 Å². The van der Waals surface area contributed by atoms with E-state index in [4.69, 9.17) is 5.11 Å². The summed E-state index contributed by atoms with van der Waals surface area (Å²) in [4.78, 5) is 22.6. The fraction of sp³-hybridized carbons (Fsp3) is 0.385. The molecule has 0 saturated carbocycles. The Kier molecular flexibility index (Phi) is 5.34. The van der Waals surface area contributed by atoms with Crippen LogP contribution in [0, 0.1) is 5.92 Å². The van der Waals surface area contributed by atoms with Crippen molar-refractivity contribution in [2.24, 2.45) is 5.92 Å². The molecule has 1 rings (SSSR count). The van der Waals surface area contributed by atoms with Crippen LogP contribution in [-0.2, 0) is 4.79 Å². The molecule has 0 radical (unpaired) electrons. The lowest BCUT2D eigenvalue weighted by atomic mass is 10.0. The number of hydrogen-bond acceptors (Lipinski definition) is 2. The van der Waals surface area contributed by atoms with Crippen molar-refractivity contribution in [2.75, 3.05) is 5.32 Å². The highest BCUT2D eigenvalue weighted by Gasteiger charge is 2.11. The highest BCUT2D eigenvalue weighted by atomic mass is 79.9. The summed E-state index contributed by atoms with van der Waals surface area (Å²) < 4.78 is 0.671. The molecule has 0 aliphatic heterocycles. The monoisotopic (exact) mass is 313 g/mol. The highest BCUT2D eigenvalue weighted by Crippen LogP contribution is 2.24. The number of hydrogen-bond donors (Lipinski definition) is 2. The Morgan fingerprint density at radius 1 is 1.44 bits per heavy atom. The quantitative estimate of drug-likeness (QED) is 0.874. The largest absolute Gasteiger partial charge is 0.478 e. The molecule has 0 heterocycles. The highest BCUT2D eigenvalue weighted by molar-refractivity contribution is 9.10. The molecule has 98 valence electrons. The van der Waals surface area contributed by atoms with Crippen molar-refractivity contribution >= 4 is 33.5 Å². The van der Waals surface area contributed by atoms with Gasteiger partial charge in [0.2, 0.25) is 5.91 Å². The number of aromatic carboxylic acids is 1. The topological polar surface area (TPSA) is 66.4 Å². The van der Waals surface area contributed by atoms with Crippen LogP contribution < -0.4 is 5.32 Å². The zero-order chi connectivity index (χ0) is 13.7. The number of benzene rings is 1. The first-order valence-corrected chi connectivity index (χ1v) is 6.56. The van der Waals surface area contributed by atoms with Crippen LogP contribution in [0.2, 0.25) is 0 Å². The number of carboxylic acids is 1. The van der Waals surface area contributed by atoms with E-state index in [0.717, 1.165) is 6.42 Å². The second-order valence-corrected chi connectivity index (χ2v) is 5.12. The predicted octanol–water partition coefficient (Wildman–Crippen LogP) is 3.52. The lowest BCUT2D eigenvalue weighted by Gasteiger charge is -2.11. The van der Waals surface area contributed by atoms with Crippen molar-refractivity contribution in [2.45, 2.75) is 26.7 Å². The van der Waals surface area contributed by atoms with E-state index in [9.17, 15) is 9.59 Å². The van der Waals surface area contributed by atoms with Gasteiger partial charge in [0.15, 0.2) is 0 Å². The summed E-state index contributed by atoms with van der Waals surface area (Å²) in [6, 6.07) is 4.54. The average molecular weight is 314 g/mol. The minimum absolute atomic E-state index is 0.104. The maximum Gasteiger partial charge on any atom is 0.335 e. The molecule has 0 fully saturated rings. The summed E-state index contributed by atoms with van der Waals surface area (Å²) in [6.07, 6.45) is 1.37. The van der Waals surface area contributed by atoms with Crippen LogP contribution in [0.3, 0.4) is 0 Å². The van der Waals surface area contributed by atoms with E-state index in [1.54, 1.807) is 6.07 Å². The molecule has 1 amide bonds. The van der Waals surface area contributed by atoms with Crippen LogP contribution in [0.1, 0.15) is 37.0 Å². The predicted molar refractivity (Wildman–Crippen MR) is 73.8 cm³/mol. The molecule has 18 heavy (non-hydrogen) atoms. The second-order valence-electron chi connectivity index (χ2n) is 4.27. The van der Waals surface area contributed by atoms with E-state index in [1.807, 2.05) is 13.8 Å². The smallest absolute Gasteiger partial charge is 0.335 e. The van der Waals surface area contributed by atoms with Gasteiger partial charge in [0, 0.05) is 10.9 Å². The van der Waals surface area contributed by atoms with Gasteiger partial charge >= 0.3 is 5.97 Å². The van der Waals surface area contributed by atoms with Crippen LogP contribution in [0.4, 0.5) is 5.69 Å². The third kappa shape index (κ3) is 4.14. The minimum atomic E-state index is -1.01. The number of halogens is 1. The normalized spacial score (nSPS) is 11.9. The van der Waals surface area contributed by atoms with Crippen LogP contribution in [-0.4, -0.2) is 17.0 Å². The first-order valence-electron chi connectivity index (χ1n) is 5.76. The number of carbonyl (C=O) groups excluding carboxylic acids is 1. The van der Waals surface area contributed by atoms with E-state index in [-0.39, 0.29) is 11.5 Å². The maximum atomic E-state index is 11.7. The molecule has 1 aromatic carbocycles. The summed E-state index contributed by atoms with van der Waals surface area (Å²) in [6.45, 7) is 4.03.